The van der Waals surface area contributed by atoms with E-state index in [2.05, 4.69) is 23.6 Å². The van der Waals surface area contributed by atoms with Crippen LogP contribution >= 0.6 is 24.0 Å². The van der Waals surface area contributed by atoms with Gasteiger partial charge >= 0.3 is 0 Å². The lowest BCUT2D eigenvalue weighted by Gasteiger charge is -2.29. The number of halogens is 2. The van der Waals surface area contributed by atoms with Crippen LogP contribution in [-0.2, 0) is 6.42 Å². The third-order valence-corrected chi connectivity index (χ3v) is 4.17. The molecule has 0 aromatic heterocycles. The smallest absolute Gasteiger partial charge is 0.253 e. The molecule has 1 aromatic rings. The van der Waals surface area contributed by atoms with Crippen LogP contribution in [0.3, 0.4) is 0 Å². The van der Waals surface area contributed by atoms with Crippen molar-refractivity contribution >= 4 is 29.9 Å². The molecule has 1 amide bonds. The van der Waals surface area contributed by atoms with Crippen LogP contribution in [0.5, 0.6) is 0 Å². The van der Waals surface area contributed by atoms with Gasteiger partial charge in [0, 0.05) is 25.0 Å². The zero-order valence-corrected chi connectivity index (χ0v) is 12.4. The number of carbonyl (C=O) groups excluding carboxylic acids is 1. The van der Waals surface area contributed by atoms with E-state index in [1.54, 1.807) is 0 Å². The highest BCUT2D eigenvalue weighted by molar-refractivity contribution is 6.34. The number of aryl methyl sites for hydroxylation is 1. The van der Waals surface area contributed by atoms with Gasteiger partial charge in [-0.15, -0.1) is 12.4 Å². The van der Waals surface area contributed by atoms with Gasteiger partial charge in [0.1, 0.15) is 0 Å². The molecule has 0 spiro atoms. The zero-order chi connectivity index (χ0) is 12.7. The van der Waals surface area contributed by atoms with E-state index in [-0.39, 0.29) is 24.4 Å². The maximum atomic E-state index is 12.1. The van der Waals surface area contributed by atoms with Crippen LogP contribution in [0.1, 0.15) is 40.7 Å². The van der Waals surface area contributed by atoms with Gasteiger partial charge < -0.3 is 10.6 Å². The molecule has 0 saturated carbocycles. The standard InChI is InChI=1S/C14H17ClN2O.ClH/c1-2-3-8-4-9-10-6-16-7-12(10)17-14(18)13(9)11(15)5-8;/h4-5,10,12,16H,2-3,6-7H2,1H3,(H,17,18);1H/t10-,12+;/m0./s1. The average molecular weight is 301 g/mol. The third kappa shape index (κ3) is 2.47. The highest BCUT2D eigenvalue weighted by Gasteiger charge is 2.37. The van der Waals surface area contributed by atoms with Crippen LogP contribution in [0.15, 0.2) is 12.1 Å². The number of fused-ring (bicyclic) bond motifs is 3. The normalized spacial score (nSPS) is 24.2. The van der Waals surface area contributed by atoms with Crippen molar-refractivity contribution < 1.29 is 4.79 Å². The second-order valence-electron chi connectivity index (χ2n) is 5.14. The maximum absolute atomic E-state index is 12.1. The predicted molar refractivity (Wildman–Crippen MR) is 79.6 cm³/mol. The van der Waals surface area contributed by atoms with E-state index in [4.69, 9.17) is 11.6 Å². The number of hydrogen-bond acceptors (Lipinski definition) is 2. The van der Waals surface area contributed by atoms with Crippen LogP contribution in [0.25, 0.3) is 0 Å². The van der Waals surface area contributed by atoms with Crippen molar-refractivity contribution in [1.82, 2.24) is 10.6 Å². The fourth-order valence-electron chi connectivity index (χ4n) is 3.05. The molecule has 2 heterocycles. The molecule has 0 bridgehead atoms. The minimum atomic E-state index is -0.0250. The minimum Gasteiger partial charge on any atom is -0.347 e. The number of hydrogen-bond donors (Lipinski definition) is 2. The largest absolute Gasteiger partial charge is 0.347 e. The van der Waals surface area contributed by atoms with Gasteiger partial charge in [-0.1, -0.05) is 31.0 Å². The van der Waals surface area contributed by atoms with Crippen molar-refractivity contribution in [1.29, 1.82) is 0 Å². The third-order valence-electron chi connectivity index (χ3n) is 3.88. The van der Waals surface area contributed by atoms with E-state index in [1.807, 2.05) is 6.07 Å². The maximum Gasteiger partial charge on any atom is 0.253 e. The Morgan fingerprint density at radius 3 is 2.89 bits per heavy atom. The SMILES string of the molecule is CCCc1cc(Cl)c2c(c1)[C@@H]1CNC[C@H]1NC2=O.Cl. The van der Waals surface area contributed by atoms with E-state index >= 15 is 0 Å². The number of benzene rings is 1. The van der Waals surface area contributed by atoms with Crippen molar-refractivity contribution in [2.45, 2.75) is 31.7 Å². The molecule has 1 fully saturated rings. The van der Waals surface area contributed by atoms with Gasteiger partial charge in [0.15, 0.2) is 0 Å². The van der Waals surface area contributed by atoms with Gasteiger partial charge in [-0.05, 0) is 23.6 Å². The molecule has 19 heavy (non-hydrogen) atoms. The fraction of sp³-hybridized carbons (Fsp3) is 0.500. The summed E-state index contributed by atoms with van der Waals surface area (Å²) in [7, 11) is 0. The summed E-state index contributed by atoms with van der Waals surface area (Å²) >= 11 is 6.29. The highest BCUT2D eigenvalue weighted by Crippen LogP contribution is 2.35. The van der Waals surface area contributed by atoms with Crippen molar-refractivity contribution in [3.8, 4) is 0 Å². The number of nitrogens with one attached hydrogen (secondary N) is 2. The Kier molecular flexibility index (Phi) is 4.39. The summed E-state index contributed by atoms with van der Waals surface area (Å²) in [5.41, 5.74) is 3.05. The Morgan fingerprint density at radius 1 is 1.37 bits per heavy atom. The Bertz CT molecular complexity index is 504. The Labute approximate surface area is 124 Å². The molecular formula is C14H18Cl2N2O. The Hall–Kier alpha value is -0.770. The van der Waals surface area contributed by atoms with Crippen LogP contribution in [0.2, 0.25) is 5.02 Å². The van der Waals surface area contributed by atoms with E-state index in [0.717, 1.165) is 31.5 Å². The van der Waals surface area contributed by atoms with Crippen LogP contribution in [-0.4, -0.2) is 25.0 Å². The molecule has 104 valence electrons. The number of amides is 1. The molecule has 0 aliphatic carbocycles. The van der Waals surface area contributed by atoms with Crippen molar-refractivity contribution in [2.75, 3.05) is 13.1 Å². The summed E-state index contributed by atoms with van der Waals surface area (Å²) < 4.78 is 0. The van der Waals surface area contributed by atoms with E-state index in [9.17, 15) is 4.79 Å². The average Bonchev–Trinajstić information content (AvgIpc) is 2.77. The van der Waals surface area contributed by atoms with Gasteiger partial charge in [0.25, 0.3) is 5.91 Å². The Morgan fingerprint density at radius 2 is 2.16 bits per heavy atom. The number of carbonyl (C=O) groups is 1. The van der Waals surface area contributed by atoms with Crippen LogP contribution < -0.4 is 10.6 Å². The summed E-state index contributed by atoms with van der Waals surface area (Å²) in [5, 5.41) is 6.98. The summed E-state index contributed by atoms with van der Waals surface area (Å²) in [4.78, 5) is 12.1. The molecule has 5 heteroatoms. The molecule has 0 radical (unpaired) electrons. The van der Waals surface area contributed by atoms with Gasteiger partial charge in [0.2, 0.25) is 0 Å². The van der Waals surface area contributed by atoms with E-state index in [0.29, 0.717) is 16.5 Å². The second kappa shape index (κ2) is 5.70. The minimum absolute atomic E-state index is 0. The molecule has 2 aliphatic heterocycles. The molecular weight excluding hydrogens is 283 g/mol. The Balaban J connectivity index is 0.00000133. The van der Waals surface area contributed by atoms with Crippen molar-refractivity contribution in [3.63, 3.8) is 0 Å². The lowest BCUT2D eigenvalue weighted by molar-refractivity contribution is 0.0924. The van der Waals surface area contributed by atoms with Crippen molar-refractivity contribution in [3.05, 3.63) is 33.8 Å². The molecule has 2 N–H and O–H groups in total. The first-order chi connectivity index (χ1) is 8.70. The predicted octanol–water partition coefficient (Wildman–Crippen LogP) is 2.51. The molecule has 2 atom stereocenters. The first-order valence-corrected chi connectivity index (χ1v) is 6.92. The van der Waals surface area contributed by atoms with Crippen LogP contribution in [0.4, 0.5) is 0 Å². The van der Waals surface area contributed by atoms with Crippen LogP contribution in [0, 0.1) is 0 Å². The lowest BCUT2D eigenvalue weighted by Crippen LogP contribution is -2.44. The zero-order valence-electron chi connectivity index (χ0n) is 10.8. The summed E-state index contributed by atoms with van der Waals surface area (Å²) in [5.74, 6) is 0.343. The first kappa shape index (κ1) is 14.6. The summed E-state index contributed by atoms with van der Waals surface area (Å²) in [6, 6.07) is 4.33. The molecule has 1 aromatic carbocycles. The van der Waals surface area contributed by atoms with Gasteiger partial charge in [-0.2, -0.15) is 0 Å². The summed E-state index contributed by atoms with van der Waals surface area (Å²) in [6.07, 6.45) is 2.10. The molecule has 3 nitrogen and oxygen atoms in total. The van der Waals surface area contributed by atoms with E-state index in [1.165, 1.54) is 5.56 Å². The molecule has 3 rings (SSSR count). The second-order valence-corrected chi connectivity index (χ2v) is 5.54. The number of rotatable bonds is 2. The topological polar surface area (TPSA) is 41.1 Å². The monoisotopic (exact) mass is 300 g/mol. The fourth-order valence-corrected chi connectivity index (χ4v) is 3.38. The molecule has 2 aliphatic rings. The quantitative estimate of drug-likeness (QED) is 0.881. The van der Waals surface area contributed by atoms with Crippen molar-refractivity contribution in [2.24, 2.45) is 0 Å². The first-order valence-electron chi connectivity index (χ1n) is 6.54. The van der Waals surface area contributed by atoms with Gasteiger partial charge in [0.05, 0.1) is 10.6 Å². The van der Waals surface area contributed by atoms with Gasteiger partial charge in [-0.25, -0.2) is 0 Å². The van der Waals surface area contributed by atoms with Gasteiger partial charge in [-0.3, -0.25) is 4.79 Å². The molecule has 1 saturated heterocycles. The highest BCUT2D eigenvalue weighted by atomic mass is 35.5. The van der Waals surface area contributed by atoms with E-state index < -0.39 is 0 Å². The molecule has 0 unspecified atom stereocenters. The lowest BCUT2D eigenvalue weighted by atomic mass is 9.85. The summed E-state index contributed by atoms with van der Waals surface area (Å²) in [6.45, 7) is 3.93.